The second-order valence-electron chi connectivity index (χ2n) is 6.06. The van der Waals surface area contributed by atoms with E-state index in [1.165, 1.54) is 30.0 Å². The summed E-state index contributed by atoms with van der Waals surface area (Å²) in [5.74, 6) is 0. The molecule has 2 aliphatic rings. The largest absolute Gasteiger partial charge is 0.346 e. The van der Waals surface area contributed by atoms with Crippen molar-refractivity contribution in [3.63, 3.8) is 0 Å². The van der Waals surface area contributed by atoms with Crippen molar-refractivity contribution < 1.29 is 9.47 Å². The summed E-state index contributed by atoms with van der Waals surface area (Å²) in [5.41, 5.74) is 2.55. The lowest BCUT2D eigenvalue weighted by Crippen LogP contribution is -1.97. The number of halogens is 1. The SMILES string of the molecule is Brc1ccc(-c2sc(-c3ccc(C4=CC=CC4)s3)cc2C2OCCO2)s1. The maximum Gasteiger partial charge on any atom is 0.185 e. The van der Waals surface area contributed by atoms with Crippen LogP contribution < -0.4 is 0 Å². The number of thiophene rings is 3. The van der Waals surface area contributed by atoms with Crippen molar-refractivity contribution in [1.82, 2.24) is 0 Å². The molecule has 6 heteroatoms. The Balaban J connectivity index is 1.55. The first kappa shape index (κ1) is 17.1. The van der Waals surface area contributed by atoms with Gasteiger partial charge in [0.2, 0.25) is 0 Å². The van der Waals surface area contributed by atoms with Crippen LogP contribution in [0.2, 0.25) is 0 Å². The zero-order valence-electron chi connectivity index (χ0n) is 13.7. The maximum atomic E-state index is 5.81. The molecule has 0 bridgehead atoms. The summed E-state index contributed by atoms with van der Waals surface area (Å²) in [5, 5.41) is 0. The van der Waals surface area contributed by atoms with Crippen LogP contribution >= 0.6 is 49.9 Å². The highest BCUT2D eigenvalue weighted by Gasteiger charge is 2.26. The van der Waals surface area contributed by atoms with Gasteiger partial charge < -0.3 is 9.47 Å². The van der Waals surface area contributed by atoms with Crippen molar-refractivity contribution in [3.05, 3.63) is 62.8 Å². The van der Waals surface area contributed by atoms with Gasteiger partial charge in [0.05, 0.1) is 21.9 Å². The van der Waals surface area contributed by atoms with Gasteiger partial charge in [0.25, 0.3) is 0 Å². The van der Waals surface area contributed by atoms with E-state index >= 15 is 0 Å². The second kappa shape index (κ2) is 7.19. The smallest absolute Gasteiger partial charge is 0.185 e. The molecule has 1 aliphatic heterocycles. The Kier molecular flexibility index (Phi) is 4.73. The van der Waals surface area contributed by atoms with Gasteiger partial charge in [-0.05, 0) is 58.3 Å². The molecule has 0 N–H and O–H groups in total. The zero-order valence-corrected chi connectivity index (χ0v) is 17.8. The van der Waals surface area contributed by atoms with E-state index in [4.69, 9.17) is 9.47 Å². The third-order valence-corrected chi connectivity index (χ3v) is 8.68. The van der Waals surface area contributed by atoms with E-state index in [1.807, 2.05) is 22.7 Å². The summed E-state index contributed by atoms with van der Waals surface area (Å²) in [6.07, 6.45) is 7.34. The topological polar surface area (TPSA) is 18.5 Å². The minimum Gasteiger partial charge on any atom is -0.346 e. The van der Waals surface area contributed by atoms with Crippen LogP contribution in [0.1, 0.15) is 23.2 Å². The molecule has 5 rings (SSSR count). The van der Waals surface area contributed by atoms with E-state index in [0.29, 0.717) is 13.2 Å². The van der Waals surface area contributed by atoms with Gasteiger partial charge in [-0.2, -0.15) is 0 Å². The fourth-order valence-electron chi connectivity index (χ4n) is 3.14. The van der Waals surface area contributed by atoms with Crippen LogP contribution in [0, 0.1) is 0 Å². The Hall–Kier alpha value is -1.02. The molecule has 3 aromatic heterocycles. The molecule has 0 atom stereocenters. The minimum atomic E-state index is -0.253. The molecule has 1 aliphatic carbocycles. The van der Waals surface area contributed by atoms with Gasteiger partial charge in [-0.25, -0.2) is 0 Å². The molecule has 26 heavy (non-hydrogen) atoms. The predicted octanol–water partition coefficient (Wildman–Crippen LogP) is 7.36. The van der Waals surface area contributed by atoms with Crippen molar-refractivity contribution in [1.29, 1.82) is 0 Å². The third-order valence-electron chi connectivity index (χ3n) is 4.37. The van der Waals surface area contributed by atoms with Crippen LogP contribution in [-0.2, 0) is 9.47 Å². The van der Waals surface area contributed by atoms with Crippen LogP contribution in [0.4, 0.5) is 0 Å². The Morgan fingerprint density at radius 3 is 2.42 bits per heavy atom. The maximum absolute atomic E-state index is 5.81. The van der Waals surface area contributed by atoms with Crippen molar-refractivity contribution >= 4 is 55.5 Å². The second-order valence-corrected chi connectivity index (χ2v) is 10.7. The number of allylic oxidation sites excluding steroid dienone is 4. The van der Waals surface area contributed by atoms with Crippen molar-refractivity contribution in [2.75, 3.05) is 13.2 Å². The first-order valence-corrected chi connectivity index (χ1v) is 11.6. The molecule has 132 valence electrons. The van der Waals surface area contributed by atoms with E-state index < -0.39 is 0 Å². The summed E-state index contributed by atoms with van der Waals surface area (Å²) < 4.78 is 12.8. The van der Waals surface area contributed by atoms with Crippen molar-refractivity contribution in [3.8, 4) is 19.5 Å². The number of rotatable bonds is 4. The van der Waals surface area contributed by atoms with E-state index in [1.54, 1.807) is 11.3 Å². The van der Waals surface area contributed by atoms with Crippen LogP contribution in [0.5, 0.6) is 0 Å². The molecule has 0 unspecified atom stereocenters. The first-order chi connectivity index (χ1) is 12.8. The monoisotopic (exact) mass is 462 g/mol. The summed E-state index contributed by atoms with van der Waals surface area (Å²) in [7, 11) is 0. The van der Waals surface area contributed by atoms with Gasteiger partial charge in [0.15, 0.2) is 6.29 Å². The molecule has 0 spiro atoms. The lowest BCUT2D eigenvalue weighted by Gasteiger charge is -2.08. The van der Waals surface area contributed by atoms with E-state index in [-0.39, 0.29) is 6.29 Å². The summed E-state index contributed by atoms with van der Waals surface area (Å²) in [6.45, 7) is 1.32. The van der Waals surface area contributed by atoms with E-state index in [2.05, 4.69) is 64.5 Å². The van der Waals surface area contributed by atoms with E-state index in [9.17, 15) is 0 Å². The Morgan fingerprint density at radius 1 is 0.885 bits per heavy atom. The van der Waals surface area contributed by atoms with Crippen LogP contribution in [0.3, 0.4) is 0 Å². The Morgan fingerprint density at radius 2 is 1.69 bits per heavy atom. The lowest BCUT2D eigenvalue weighted by atomic mass is 10.2. The number of hydrogen-bond donors (Lipinski definition) is 0. The van der Waals surface area contributed by atoms with Gasteiger partial charge in [-0.15, -0.1) is 34.0 Å². The Bertz CT molecular complexity index is 1000. The van der Waals surface area contributed by atoms with Crippen LogP contribution in [0.15, 0.2) is 52.3 Å². The van der Waals surface area contributed by atoms with Crippen LogP contribution in [0.25, 0.3) is 25.1 Å². The summed E-state index contributed by atoms with van der Waals surface area (Å²) >= 11 is 9.02. The van der Waals surface area contributed by atoms with Gasteiger partial charge in [0, 0.05) is 25.1 Å². The Labute approximate surface area is 172 Å². The van der Waals surface area contributed by atoms with Gasteiger partial charge in [0.1, 0.15) is 0 Å². The highest BCUT2D eigenvalue weighted by Crippen LogP contribution is 2.47. The normalized spacial score (nSPS) is 17.3. The molecule has 1 fully saturated rings. The van der Waals surface area contributed by atoms with Crippen molar-refractivity contribution in [2.45, 2.75) is 12.7 Å². The van der Waals surface area contributed by atoms with Gasteiger partial charge >= 0.3 is 0 Å². The quantitative estimate of drug-likeness (QED) is 0.403. The average molecular weight is 463 g/mol. The number of ether oxygens (including phenoxy) is 2. The summed E-state index contributed by atoms with van der Waals surface area (Å²) in [4.78, 5) is 6.44. The average Bonchev–Trinajstić information content (AvgIpc) is 3.44. The molecule has 0 aromatic carbocycles. The third kappa shape index (κ3) is 3.19. The first-order valence-electron chi connectivity index (χ1n) is 8.37. The van der Waals surface area contributed by atoms with E-state index in [0.717, 1.165) is 15.8 Å². The number of hydrogen-bond acceptors (Lipinski definition) is 5. The molecule has 1 saturated heterocycles. The highest BCUT2D eigenvalue weighted by atomic mass is 79.9. The molecule has 0 radical (unpaired) electrons. The fraction of sp³-hybridized carbons (Fsp3) is 0.200. The molecule has 3 aromatic rings. The fourth-order valence-corrected chi connectivity index (χ4v) is 6.96. The minimum absolute atomic E-state index is 0.253. The molecule has 2 nitrogen and oxygen atoms in total. The van der Waals surface area contributed by atoms with Crippen LogP contribution in [-0.4, -0.2) is 13.2 Å². The van der Waals surface area contributed by atoms with Gasteiger partial charge in [-0.1, -0.05) is 18.2 Å². The highest BCUT2D eigenvalue weighted by molar-refractivity contribution is 9.11. The predicted molar refractivity (Wildman–Crippen MR) is 115 cm³/mol. The lowest BCUT2D eigenvalue weighted by molar-refractivity contribution is -0.0433. The van der Waals surface area contributed by atoms with Gasteiger partial charge in [-0.3, -0.25) is 0 Å². The molecule has 0 saturated carbocycles. The zero-order chi connectivity index (χ0) is 17.5. The molecular weight excluding hydrogens is 448 g/mol. The molecular formula is C20H15BrO2S3. The molecule has 4 heterocycles. The standard InChI is InChI=1S/C20H15BrO2S3/c21-18-8-7-16(25-18)19-13(20-22-9-10-23-20)11-17(26-19)15-6-5-14(24-15)12-3-1-2-4-12/h1-3,5-8,11,20H,4,9-10H2. The summed E-state index contributed by atoms with van der Waals surface area (Å²) in [6, 6.07) is 11.0. The van der Waals surface area contributed by atoms with Crippen molar-refractivity contribution in [2.24, 2.45) is 0 Å². The molecule has 0 amide bonds.